The maximum absolute atomic E-state index is 14.2. The molecule has 2 amide bonds. The Morgan fingerprint density at radius 1 is 1.00 bits per heavy atom. The van der Waals surface area contributed by atoms with Crippen LogP contribution in [0.15, 0.2) is 66.7 Å². The highest BCUT2D eigenvalue weighted by Crippen LogP contribution is 2.32. The minimum Gasteiger partial charge on any atom is -0.495 e. The first kappa shape index (κ1) is 32.2. The predicted molar refractivity (Wildman–Crippen MR) is 164 cm³/mol. The van der Waals surface area contributed by atoms with Gasteiger partial charge in [-0.1, -0.05) is 72.6 Å². The highest BCUT2D eigenvalue weighted by atomic mass is 35.5. The maximum atomic E-state index is 14.2. The summed E-state index contributed by atoms with van der Waals surface area (Å²) >= 11 is 13.0. The van der Waals surface area contributed by atoms with Gasteiger partial charge in [0.2, 0.25) is 21.8 Å². The second-order valence-electron chi connectivity index (χ2n) is 9.66. The molecule has 0 saturated heterocycles. The van der Waals surface area contributed by atoms with Gasteiger partial charge in [0.1, 0.15) is 18.3 Å². The highest BCUT2D eigenvalue weighted by molar-refractivity contribution is 7.92. The Labute approximate surface area is 252 Å². The molecule has 3 aromatic carbocycles. The number of halogens is 2. The molecule has 0 aliphatic heterocycles. The lowest BCUT2D eigenvalue weighted by molar-refractivity contribution is -0.140. The maximum Gasteiger partial charge on any atom is 0.244 e. The molecule has 0 heterocycles. The van der Waals surface area contributed by atoms with Crippen LogP contribution in [0.2, 0.25) is 10.0 Å². The Morgan fingerprint density at radius 2 is 1.66 bits per heavy atom. The van der Waals surface area contributed by atoms with E-state index in [1.54, 1.807) is 36.4 Å². The summed E-state index contributed by atoms with van der Waals surface area (Å²) in [6.07, 6.45) is 1.91. The van der Waals surface area contributed by atoms with Crippen LogP contribution in [-0.2, 0) is 32.6 Å². The second-order valence-corrected chi connectivity index (χ2v) is 12.4. The molecule has 0 aliphatic rings. The van der Waals surface area contributed by atoms with Crippen LogP contribution >= 0.6 is 23.2 Å². The molecule has 8 nitrogen and oxygen atoms in total. The molecule has 220 valence electrons. The summed E-state index contributed by atoms with van der Waals surface area (Å²) in [5, 5.41) is 3.54. The second kappa shape index (κ2) is 14.6. The number of methoxy groups -OCH3 is 1. The molecule has 0 bridgehead atoms. The molecule has 1 N–H and O–H groups in total. The summed E-state index contributed by atoms with van der Waals surface area (Å²) in [6, 6.07) is 18.4. The smallest absolute Gasteiger partial charge is 0.244 e. The predicted octanol–water partition coefficient (Wildman–Crippen LogP) is 5.24. The molecule has 11 heteroatoms. The van der Waals surface area contributed by atoms with E-state index in [4.69, 9.17) is 27.9 Å². The van der Waals surface area contributed by atoms with Gasteiger partial charge in [-0.25, -0.2) is 8.42 Å². The van der Waals surface area contributed by atoms with E-state index in [0.717, 1.165) is 21.7 Å². The van der Waals surface area contributed by atoms with Crippen molar-refractivity contribution in [2.24, 2.45) is 0 Å². The SMILES string of the molecule is CCCNC(=O)[C@H](Cc1ccccc1)N(Cc1c(Cl)cccc1Cl)C(=O)CN(c1cc(C)ccc1OC)S(C)(=O)=O. The Morgan fingerprint density at radius 3 is 2.24 bits per heavy atom. The number of carbonyl (C=O) groups excluding carboxylic acids is 2. The summed E-state index contributed by atoms with van der Waals surface area (Å²) in [6.45, 7) is 3.46. The molecule has 0 saturated carbocycles. The van der Waals surface area contributed by atoms with E-state index in [1.165, 1.54) is 12.0 Å². The molecular formula is C30H35Cl2N3O5S. The average molecular weight is 621 g/mol. The summed E-state index contributed by atoms with van der Waals surface area (Å²) < 4.78 is 32.5. The van der Waals surface area contributed by atoms with E-state index < -0.39 is 28.5 Å². The summed E-state index contributed by atoms with van der Waals surface area (Å²) in [5.74, 6) is -0.690. The van der Waals surface area contributed by atoms with Gasteiger partial charge in [0, 0.05) is 35.1 Å². The zero-order valence-corrected chi connectivity index (χ0v) is 25.9. The number of hydrogen-bond donors (Lipinski definition) is 1. The van der Waals surface area contributed by atoms with E-state index in [-0.39, 0.29) is 30.3 Å². The normalized spacial score (nSPS) is 12.0. The number of nitrogens with zero attached hydrogens (tertiary/aromatic N) is 2. The van der Waals surface area contributed by atoms with Crippen molar-refractivity contribution in [1.29, 1.82) is 0 Å². The van der Waals surface area contributed by atoms with Gasteiger partial charge in [0.25, 0.3) is 0 Å². The lowest BCUT2D eigenvalue weighted by Gasteiger charge is -2.34. The summed E-state index contributed by atoms with van der Waals surface area (Å²) in [7, 11) is -2.52. The van der Waals surface area contributed by atoms with Crippen LogP contribution in [0.1, 0.15) is 30.0 Å². The Balaban J connectivity index is 2.13. The number of carbonyl (C=O) groups is 2. The quantitative estimate of drug-likeness (QED) is 0.282. The van der Waals surface area contributed by atoms with Gasteiger partial charge < -0.3 is 15.0 Å². The van der Waals surface area contributed by atoms with E-state index in [1.807, 2.05) is 44.2 Å². The number of ether oxygens (including phenoxy) is 1. The fourth-order valence-corrected chi connectivity index (χ4v) is 5.73. The topological polar surface area (TPSA) is 96.0 Å². The molecule has 0 unspecified atom stereocenters. The Hall–Kier alpha value is -3.27. The first-order valence-corrected chi connectivity index (χ1v) is 15.7. The molecule has 41 heavy (non-hydrogen) atoms. The molecule has 0 fully saturated rings. The van der Waals surface area contributed by atoms with Crippen molar-refractivity contribution in [2.45, 2.75) is 39.3 Å². The van der Waals surface area contributed by atoms with Crippen LogP contribution in [0, 0.1) is 6.92 Å². The van der Waals surface area contributed by atoms with Crippen molar-refractivity contribution in [3.8, 4) is 5.75 Å². The largest absolute Gasteiger partial charge is 0.495 e. The third-order valence-corrected chi connectivity index (χ3v) is 8.33. The van der Waals surface area contributed by atoms with Gasteiger partial charge in [0.05, 0.1) is 19.1 Å². The van der Waals surface area contributed by atoms with Gasteiger partial charge in [-0.15, -0.1) is 0 Å². The van der Waals surface area contributed by atoms with Gasteiger partial charge in [0.15, 0.2) is 0 Å². The molecule has 3 rings (SSSR count). The van der Waals surface area contributed by atoms with E-state index >= 15 is 0 Å². The van der Waals surface area contributed by atoms with E-state index in [9.17, 15) is 18.0 Å². The van der Waals surface area contributed by atoms with Crippen molar-refractivity contribution in [3.05, 3.63) is 93.5 Å². The molecule has 0 spiro atoms. The molecular weight excluding hydrogens is 585 g/mol. The fourth-order valence-electron chi connectivity index (χ4n) is 4.36. The standard InChI is InChI=1S/C30H35Cl2N3O5S/c1-5-16-33-30(37)27(18-22-10-7-6-8-11-22)34(19-23-24(31)12-9-13-25(23)32)29(36)20-35(41(4,38)39)26-17-21(2)14-15-28(26)40-3/h6-15,17,27H,5,16,18-20H2,1-4H3,(H,33,37)/t27-/m0/s1. The Bertz CT molecular complexity index is 1450. The van der Waals surface area contributed by atoms with E-state index in [0.29, 0.717) is 28.6 Å². The molecule has 0 aromatic heterocycles. The zero-order chi connectivity index (χ0) is 30.2. The van der Waals surface area contributed by atoms with Crippen LogP contribution < -0.4 is 14.4 Å². The third-order valence-electron chi connectivity index (χ3n) is 6.49. The molecule has 0 radical (unpaired) electrons. The van der Waals surface area contributed by atoms with Crippen LogP contribution in [0.4, 0.5) is 5.69 Å². The minimum atomic E-state index is -3.95. The number of nitrogens with one attached hydrogen (secondary N) is 1. The van der Waals surface area contributed by atoms with Crippen molar-refractivity contribution in [2.75, 3.05) is 30.8 Å². The molecule has 3 aromatic rings. The van der Waals surface area contributed by atoms with Crippen molar-refractivity contribution < 1.29 is 22.7 Å². The summed E-state index contributed by atoms with van der Waals surface area (Å²) in [5.41, 5.74) is 2.27. The van der Waals surface area contributed by atoms with Gasteiger partial charge in [-0.3, -0.25) is 13.9 Å². The first-order chi connectivity index (χ1) is 19.5. The third kappa shape index (κ3) is 8.61. The monoisotopic (exact) mass is 619 g/mol. The number of benzene rings is 3. The van der Waals surface area contributed by atoms with Crippen LogP contribution in [0.5, 0.6) is 5.75 Å². The first-order valence-electron chi connectivity index (χ1n) is 13.1. The molecule has 1 atom stereocenters. The lowest BCUT2D eigenvalue weighted by atomic mass is 10.0. The number of hydrogen-bond acceptors (Lipinski definition) is 5. The number of rotatable bonds is 13. The number of amides is 2. The Kier molecular flexibility index (Phi) is 11.5. The number of aryl methyl sites for hydroxylation is 1. The molecule has 0 aliphatic carbocycles. The summed E-state index contributed by atoms with van der Waals surface area (Å²) in [4.78, 5) is 29.1. The van der Waals surface area contributed by atoms with Crippen molar-refractivity contribution in [3.63, 3.8) is 0 Å². The van der Waals surface area contributed by atoms with Crippen molar-refractivity contribution >= 4 is 50.7 Å². The van der Waals surface area contributed by atoms with Gasteiger partial charge >= 0.3 is 0 Å². The lowest BCUT2D eigenvalue weighted by Crippen LogP contribution is -2.53. The van der Waals surface area contributed by atoms with Crippen LogP contribution in [-0.4, -0.2) is 57.6 Å². The fraction of sp³-hybridized carbons (Fsp3) is 0.333. The van der Waals surface area contributed by atoms with Gasteiger partial charge in [-0.2, -0.15) is 0 Å². The average Bonchev–Trinajstić information content (AvgIpc) is 2.93. The highest BCUT2D eigenvalue weighted by Gasteiger charge is 2.34. The minimum absolute atomic E-state index is 0.114. The number of anilines is 1. The van der Waals surface area contributed by atoms with E-state index in [2.05, 4.69) is 5.32 Å². The van der Waals surface area contributed by atoms with Crippen molar-refractivity contribution in [1.82, 2.24) is 10.2 Å². The zero-order valence-electron chi connectivity index (χ0n) is 23.6. The van der Waals surface area contributed by atoms with Crippen LogP contribution in [0.3, 0.4) is 0 Å². The number of sulfonamides is 1. The van der Waals surface area contributed by atoms with Crippen LogP contribution in [0.25, 0.3) is 0 Å². The van der Waals surface area contributed by atoms with Gasteiger partial charge in [-0.05, 0) is 48.7 Å².